The van der Waals surface area contributed by atoms with Crippen molar-refractivity contribution in [3.8, 4) is 5.75 Å². The molecule has 1 aromatic rings. The predicted octanol–water partition coefficient (Wildman–Crippen LogP) is 0.475. The summed E-state index contributed by atoms with van der Waals surface area (Å²) in [6.45, 7) is -0.644. The Hall–Kier alpha value is -2.23. The van der Waals surface area contributed by atoms with Gasteiger partial charge in [0.25, 0.3) is 12.3 Å². The third-order valence-electron chi connectivity index (χ3n) is 2.05. The lowest BCUT2D eigenvalue weighted by atomic mass is 10.2. The highest BCUT2D eigenvalue weighted by atomic mass is 32.2. The van der Waals surface area contributed by atoms with E-state index >= 15 is 0 Å². The van der Waals surface area contributed by atoms with E-state index < -0.39 is 40.7 Å². The molecule has 0 aliphatic carbocycles. The molecule has 1 aromatic carbocycles. The van der Waals surface area contributed by atoms with Crippen molar-refractivity contribution in [2.24, 2.45) is 0 Å². The SMILES string of the molecule is O=C(O)COc1cccc(C(=O)NS(=O)(=O)CC(F)F)c1. The van der Waals surface area contributed by atoms with Crippen molar-refractivity contribution in [1.82, 2.24) is 4.72 Å². The van der Waals surface area contributed by atoms with Crippen LogP contribution in [0.25, 0.3) is 0 Å². The Balaban J connectivity index is 2.79. The molecule has 0 aromatic heterocycles. The first-order valence-corrected chi connectivity index (χ1v) is 7.12. The number of alkyl halides is 2. The molecule has 116 valence electrons. The van der Waals surface area contributed by atoms with Gasteiger partial charge in [0.15, 0.2) is 6.61 Å². The summed E-state index contributed by atoms with van der Waals surface area (Å²) in [6.07, 6.45) is -3.11. The van der Waals surface area contributed by atoms with Crippen molar-refractivity contribution < 1.29 is 36.6 Å². The van der Waals surface area contributed by atoms with Crippen molar-refractivity contribution in [1.29, 1.82) is 0 Å². The molecule has 1 amide bonds. The average Bonchev–Trinajstić information content (AvgIpc) is 2.34. The molecule has 0 fully saturated rings. The minimum atomic E-state index is -4.45. The number of benzene rings is 1. The van der Waals surface area contributed by atoms with Gasteiger partial charge in [-0.2, -0.15) is 0 Å². The van der Waals surface area contributed by atoms with E-state index in [1.165, 1.54) is 22.9 Å². The van der Waals surface area contributed by atoms with Crippen LogP contribution in [0.4, 0.5) is 8.78 Å². The molecule has 2 N–H and O–H groups in total. The summed E-state index contributed by atoms with van der Waals surface area (Å²) >= 11 is 0. The predicted molar refractivity (Wildman–Crippen MR) is 66.8 cm³/mol. The molecule has 0 radical (unpaired) electrons. The Bertz CT molecular complexity index is 631. The maximum absolute atomic E-state index is 12.0. The number of amides is 1. The summed E-state index contributed by atoms with van der Waals surface area (Å²) < 4.78 is 52.7. The van der Waals surface area contributed by atoms with Gasteiger partial charge < -0.3 is 9.84 Å². The highest BCUT2D eigenvalue weighted by Crippen LogP contribution is 2.13. The minimum absolute atomic E-state index is 0.0244. The second kappa shape index (κ2) is 6.97. The van der Waals surface area contributed by atoms with Crippen LogP contribution in [0.15, 0.2) is 24.3 Å². The van der Waals surface area contributed by atoms with Crippen LogP contribution in [0.2, 0.25) is 0 Å². The number of hydrogen-bond acceptors (Lipinski definition) is 5. The standard InChI is InChI=1S/C11H11F2NO6S/c12-9(13)6-21(18,19)14-11(17)7-2-1-3-8(4-7)20-5-10(15)16/h1-4,9H,5-6H2,(H,14,17)(H,15,16). The van der Waals surface area contributed by atoms with Crippen LogP contribution in [-0.4, -0.2) is 44.2 Å². The van der Waals surface area contributed by atoms with Crippen LogP contribution in [0.3, 0.4) is 0 Å². The zero-order valence-corrected chi connectivity index (χ0v) is 11.3. The summed E-state index contributed by atoms with van der Waals surface area (Å²) in [5.74, 6) is -3.81. The minimum Gasteiger partial charge on any atom is -0.482 e. The number of nitrogens with one attached hydrogen (secondary N) is 1. The fraction of sp³-hybridized carbons (Fsp3) is 0.273. The van der Waals surface area contributed by atoms with Crippen molar-refractivity contribution in [3.63, 3.8) is 0 Å². The first kappa shape index (κ1) is 16.8. The number of carbonyl (C=O) groups is 2. The summed E-state index contributed by atoms with van der Waals surface area (Å²) in [7, 11) is -4.45. The molecular weight excluding hydrogens is 312 g/mol. The van der Waals surface area contributed by atoms with Crippen LogP contribution in [-0.2, 0) is 14.8 Å². The van der Waals surface area contributed by atoms with Crippen molar-refractivity contribution in [2.45, 2.75) is 6.43 Å². The number of carboxylic acid groups (broad SMARTS) is 1. The lowest BCUT2D eigenvalue weighted by molar-refractivity contribution is -0.139. The number of rotatable bonds is 7. The Morgan fingerprint density at radius 3 is 2.57 bits per heavy atom. The normalized spacial score (nSPS) is 11.2. The Morgan fingerprint density at radius 2 is 2.00 bits per heavy atom. The Morgan fingerprint density at radius 1 is 1.33 bits per heavy atom. The molecule has 0 saturated heterocycles. The molecule has 10 heteroatoms. The fourth-order valence-electron chi connectivity index (χ4n) is 1.28. The number of carbonyl (C=O) groups excluding carboxylic acids is 1. The topological polar surface area (TPSA) is 110 Å². The van der Waals surface area contributed by atoms with Gasteiger partial charge in [-0.3, -0.25) is 4.79 Å². The molecule has 0 aliphatic rings. The molecule has 0 bridgehead atoms. The fourth-order valence-corrected chi connectivity index (χ4v) is 2.10. The van der Waals surface area contributed by atoms with E-state index in [4.69, 9.17) is 9.84 Å². The van der Waals surface area contributed by atoms with Gasteiger partial charge in [-0.15, -0.1) is 0 Å². The molecule has 1 rings (SSSR count). The van der Waals surface area contributed by atoms with E-state index in [-0.39, 0.29) is 11.3 Å². The zero-order valence-electron chi connectivity index (χ0n) is 10.5. The number of aliphatic carboxylic acids is 1. The molecule has 0 heterocycles. The second-order valence-electron chi connectivity index (χ2n) is 3.81. The van der Waals surface area contributed by atoms with Gasteiger partial charge in [-0.1, -0.05) is 6.07 Å². The lowest BCUT2D eigenvalue weighted by Crippen LogP contribution is -2.34. The van der Waals surface area contributed by atoms with E-state index in [2.05, 4.69) is 0 Å². The Kier molecular flexibility index (Phi) is 5.59. The van der Waals surface area contributed by atoms with Gasteiger partial charge in [0.05, 0.1) is 0 Å². The van der Waals surface area contributed by atoms with E-state index in [0.29, 0.717) is 0 Å². The monoisotopic (exact) mass is 323 g/mol. The van der Waals surface area contributed by atoms with Crippen LogP contribution in [0.1, 0.15) is 10.4 Å². The van der Waals surface area contributed by atoms with E-state index in [1.54, 1.807) is 0 Å². The number of halogens is 2. The van der Waals surface area contributed by atoms with E-state index in [1.807, 2.05) is 0 Å². The number of carboxylic acids is 1. The molecule has 21 heavy (non-hydrogen) atoms. The summed E-state index contributed by atoms with van der Waals surface area (Å²) in [4.78, 5) is 22.0. The maximum Gasteiger partial charge on any atom is 0.341 e. The van der Waals surface area contributed by atoms with E-state index in [9.17, 15) is 26.8 Å². The first-order chi connectivity index (χ1) is 9.69. The molecule has 0 atom stereocenters. The second-order valence-corrected chi connectivity index (χ2v) is 5.58. The van der Waals surface area contributed by atoms with Gasteiger partial charge in [0.1, 0.15) is 11.5 Å². The zero-order chi connectivity index (χ0) is 16.0. The highest BCUT2D eigenvalue weighted by molar-refractivity contribution is 7.90. The van der Waals surface area contributed by atoms with Gasteiger partial charge >= 0.3 is 5.97 Å². The summed E-state index contributed by atoms with van der Waals surface area (Å²) in [5.41, 5.74) is -0.171. The summed E-state index contributed by atoms with van der Waals surface area (Å²) in [6, 6.07) is 5.00. The number of sulfonamides is 1. The molecular formula is C11H11F2NO6S. The van der Waals surface area contributed by atoms with Gasteiger partial charge in [-0.25, -0.2) is 26.7 Å². The van der Waals surface area contributed by atoms with Crippen molar-refractivity contribution in [3.05, 3.63) is 29.8 Å². The highest BCUT2D eigenvalue weighted by Gasteiger charge is 2.21. The van der Waals surface area contributed by atoms with Gasteiger partial charge in [0.2, 0.25) is 10.0 Å². The van der Waals surface area contributed by atoms with Crippen LogP contribution in [0.5, 0.6) is 5.75 Å². The largest absolute Gasteiger partial charge is 0.482 e. The molecule has 7 nitrogen and oxygen atoms in total. The van der Waals surface area contributed by atoms with Crippen LogP contribution < -0.4 is 9.46 Å². The first-order valence-electron chi connectivity index (χ1n) is 5.47. The maximum atomic E-state index is 12.0. The smallest absolute Gasteiger partial charge is 0.341 e. The molecule has 0 unspecified atom stereocenters. The molecule has 0 spiro atoms. The quantitative estimate of drug-likeness (QED) is 0.755. The van der Waals surface area contributed by atoms with Gasteiger partial charge in [0, 0.05) is 5.56 Å². The number of hydrogen-bond donors (Lipinski definition) is 2. The summed E-state index contributed by atoms with van der Waals surface area (Å²) in [5, 5.41) is 8.44. The third kappa shape index (κ3) is 6.17. The average molecular weight is 323 g/mol. The molecule has 0 saturated carbocycles. The third-order valence-corrected chi connectivity index (χ3v) is 3.24. The molecule has 0 aliphatic heterocycles. The lowest BCUT2D eigenvalue weighted by Gasteiger charge is -2.08. The van der Waals surface area contributed by atoms with Crippen LogP contribution >= 0.6 is 0 Å². The Labute approximate surface area is 118 Å². The van der Waals surface area contributed by atoms with Crippen LogP contribution in [0, 0.1) is 0 Å². The van der Waals surface area contributed by atoms with Gasteiger partial charge in [-0.05, 0) is 18.2 Å². The van der Waals surface area contributed by atoms with Crippen molar-refractivity contribution >= 4 is 21.9 Å². The van der Waals surface area contributed by atoms with Crippen molar-refractivity contribution in [2.75, 3.05) is 12.4 Å². The number of ether oxygens (including phenoxy) is 1. The van der Waals surface area contributed by atoms with E-state index in [0.717, 1.165) is 6.07 Å².